The Labute approximate surface area is 212 Å². The quantitative estimate of drug-likeness (QED) is 0.0287. The van der Waals surface area contributed by atoms with Crippen LogP contribution >= 0.6 is 4.92 Å². The molecule has 0 rings (SSSR count). The van der Waals surface area contributed by atoms with E-state index in [1.165, 1.54) is 120 Å². The number of carbonyl (C=O) groups excluding carboxylic acids is 1. The summed E-state index contributed by atoms with van der Waals surface area (Å²) >= 11 is -0.476. The number of hydrogen-bond acceptors (Lipinski definition) is 2. The van der Waals surface area contributed by atoms with E-state index in [4.69, 9.17) is 5.84 Å². The van der Waals surface area contributed by atoms with Gasteiger partial charge in [-0.3, -0.25) is 0 Å². The maximum atomic E-state index is 11.8. The molecule has 0 aliphatic heterocycles. The first-order chi connectivity index (χ1) is 15.6. The standard InChI is InChI=1S/C24H51P.C3H7N2O.Sn/c1-4-7-10-13-16-19-22-25(23-20-17-14-11-8-5-2)24-21-18-15-12-9-6-3;1-2-3(6)5-4;/h4-24H2,1-3H3;1-2,4H2,(H,5,6);/q;;-1/p+1. The van der Waals surface area contributed by atoms with Gasteiger partial charge in [-0.1, -0.05) is 0 Å². The van der Waals surface area contributed by atoms with Crippen molar-refractivity contribution >= 4 is 31.4 Å². The maximum absolute atomic E-state index is 11.8. The van der Waals surface area contributed by atoms with E-state index in [0.717, 1.165) is 0 Å². The molecule has 32 heavy (non-hydrogen) atoms. The van der Waals surface area contributed by atoms with Crippen LogP contribution in [0.15, 0.2) is 0 Å². The number of nitrogens with two attached hydrogens (primary N) is 1. The molecule has 2 radical (unpaired) electrons. The van der Waals surface area contributed by atoms with Crippen LogP contribution in [-0.2, 0) is 4.79 Å². The molecule has 3 N–H and O–H groups in total. The third-order valence-corrected chi connectivity index (χ3v) is 27.7. The number of rotatable bonds is 25. The molecule has 5 heteroatoms. The zero-order valence-corrected chi connectivity index (χ0v) is 26.1. The molecule has 0 aliphatic carbocycles. The average molecular weight is 577 g/mol. The molecule has 0 aromatic carbocycles. The Bertz CT molecular complexity index is 368. The van der Waals surface area contributed by atoms with Crippen LogP contribution in [0, 0.1) is 0 Å². The average Bonchev–Trinajstić information content (AvgIpc) is 2.80. The van der Waals surface area contributed by atoms with E-state index in [1.807, 2.05) is 0 Å². The van der Waals surface area contributed by atoms with Crippen molar-refractivity contribution in [1.82, 2.24) is 5.43 Å². The predicted molar refractivity (Wildman–Crippen MR) is 151 cm³/mol. The summed E-state index contributed by atoms with van der Waals surface area (Å²) in [4.78, 5) is 10.7. The minimum absolute atomic E-state index is 0.0625. The van der Waals surface area contributed by atoms with Crippen molar-refractivity contribution in [3.05, 3.63) is 0 Å². The Morgan fingerprint density at radius 3 is 1.31 bits per heavy atom. The molecular formula is C27H59N2OPSn. The monoisotopic (exact) mass is 578 g/mol. The Morgan fingerprint density at radius 2 is 0.969 bits per heavy atom. The van der Waals surface area contributed by atoms with Crippen LogP contribution in [0.1, 0.15) is 143 Å². The van der Waals surface area contributed by atoms with E-state index < -0.39 is 25.5 Å². The van der Waals surface area contributed by atoms with Crippen LogP contribution in [0.4, 0.5) is 0 Å². The first-order valence-corrected chi connectivity index (χ1v) is 23.3. The van der Waals surface area contributed by atoms with Gasteiger partial charge in [-0.05, 0) is 0 Å². The molecule has 0 bridgehead atoms. The van der Waals surface area contributed by atoms with Gasteiger partial charge in [-0.2, -0.15) is 0 Å². The predicted octanol–water partition coefficient (Wildman–Crippen LogP) is 8.24. The molecule has 0 aromatic rings. The number of hydrogen-bond donors (Lipinski definition) is 2. The first kappa shape index (κ1) is 32.7. The molecule has 0 unspecified atom stereocenters. The van der Waals surface area contributed by atoms with Crippen LogP contribution < -0.4 is 11.3 Å². The van der Waals surface area contributed by atoms with Crippen LogP contribution in [0.5, 0.6) is 0 Å². The number of nitrogens with one attached hydrogen (secondary N) is 1. The fourth-order valence-electron chi connectivity index (χ4n) is 4.88. The molecule has 0 saturated carbocycles. The van der Waals surface area contributed by atoms with Gasteiger partial charge in [0.15, 0.2) is 0 Å². The fourth-order valence-corrected chi connectivity index (χ4v) is 24.9. The van der Waals surface area contributed by atoms with E-state index in [0.29, 0.717) is 6.42 Å². The molecule has 0 saturated heterocycles. The normalized spacial score (nSPS) is 12.2. The van der Waals surface area contributed by atoms with Gasteiger partial charge in [0.1, 0.15) is 0 Å². The molecule has 192 valence electrons. The van der Waals surface area contributed by atoms with Gasteiger partial charge in [0.2, 0.25) is 0 Å². The van der Waals surface area contributed by atoms with Gasteiger partial charge < -0.3 is 0 Å². The molecule has 0 heterocycles. The summed E-state index contributed by atoms with van der Waals surface area (Å²) in [6, 6.07) is 0. The van der Waals surface area contributed by atoms with E-state index in [9.17, 15) is 4.79 Å². The molecule has 0 aromatic heterocycles. The molecule has 0 spiro atoms. The van der Waals surface area contributed by atoms with Crippen molar-refractivity contribution in [3.8, 4) is 0 Å². The second-order valence-electron chi connectivity index (χ2n) is 10.1. The molecule has 0 atom stereocenters. The van der Waals surface area contributed by atoms with E-state index in [1.54, 1.807) is 18.5 Å². The van der Waals surface area contributed by atoms with Crippen molar-refractivity contribution in [1.29, 1.82) is 0 Å². The van der Waals surface area contributed by atoms with Crippen molar-refractivity contribution in [3.63, 3.8) is 0 Å². The zero-order chi connectivity index (χ0) is 23.8. The zero-order valence-electron chi connectivity index (χ0n) is 22.2. The topological polar surface area (TPSA) is 55.1 Å². The van der Waals surface area contributed by atoms with Gasteiger partial charge in [-0.15, -0.1) is 0 Å². The summed E-state index contributed by atoms with van der Waals surface area (Å²) in [5, 5.41) is 0. The fraction of sp³-hybridized carbons (Fsp3) is 0.963. The van der Waals surface area contributed by atoms with Crippen LogP contribution in [0.2, 0.25) is 4.44 Å². The molecule has 1 amide bonds. The van der Waals surface area contributed by atoms with E-state index >= 15 is 0 Å². The minimum atomic E-state index is -1.13. The SMILES string of the molecule is CCCCCCCC[PH](CCCCCCCC)(CCCCCCCC)[Sn][CH2]CC(=O)NN. The summed E-state index contributed by atoms with van der Waals surface area (Å²) in [7, 11) is 0. The van der Waals surface area contributed by atoms with Gasteiger partial charge >= 0.3 is 213 Å². The van der Waals surface area contributed by atoms with Crippen molar-refractivity contribution < 1.29 is 4.79 Å². The molecule has 0 aliphatic rings. The second-order valence-corrected chi connectivity index (χ2v) is 28.0. The molecule has 0 fully saturated rings. The number of hydrazine groups is 1. The third kappa shape index (κ3) is 20.1. The first-order valence-electron chi connectivity index (χ1n) is 14.4. The summed E-state index contributed by atoms with van der Waals surface area (Å²) in [6.07, 6.45) is 31.1. The summed E-state index contributed by atoms with van der Waals surface area (Å²) in [5.41, 5.74) is 2.37. The van der Waals surface area contributed by atoms with Gasteiger partial charge in [0.25, 0.3) is 0 Å². The Morgan fingerprint density at radius 1 is 0.625 bits per heavy atom. The number of amides is 1. The van der Waals surface area contributed by atoms with Crippen LogP contribution in [0.3, 0.4) is 0 Å². The Hall–Kier alpha value is 0.659. The van der Waals surface area contributed by atoms with Crippen molar-refractivity contribution in [2.45, 2.75) is 147 Å². The van der Waals surface area contributed by atoms with E-state index in [-0.39, 0.29) is 5.91 Å². The molecule has 3 nitrogen and oxygen atoms in total. The van der Waals surface area contributed by atoms with Gasteiger partial charge in [-0.25, -0.2) is 0 Å². The van der Waals surface area contributed by atoms with E-state index in [2.05, 4.69) is 26.2 Å². The summed E-state index contributed by atoms with van der Waals surface area (Å²) in [5.74, 6) is 5.43. The Kier molecular flexibility index (Phi) is 25.3. The Balaban J connectivity index is 4.81. The van der Waals surface area contributed by atoms with Gasteiger partial charge in [0, 0.05) is 0 Å². The summed E-state index contributed by atoms with van der Waals surface area (Å²) < 4.78 is 1.22. The van der Waals surface area contributed by atoms with Crippen molar-refractivity contribution in [2.75, 3.05) is 18.5 Å². The molecular weight excluding hydrogens is 518 g/mol. The number of carbonyl (C=O) groups is 1. The number of unbranched alkanes of at least 4 members (excludes halogenated alkanes) is 15. The second kappa shape index (κ2) is 24.8. The van der Waals surface area contributed by atoms with Crippen LogP contribution in [0.25, 0.3) is 0 Å². The van der Waals surface area contributed by atoms with Crippen LogP contribution in [-0.4, -0.2) is 45.0 Å². The van der Waals surface area contributed by atoms with Crippen molar-refractivity contribution in [2.24, 2.45) is 5.84 Å². The van der Waals surface area contributed by atoms with Gasteiger partial charge in [0.05, 0.1) is 0 Å². The summed E-state index contributed by atoms with van der Waals surface area (Å²) in [6.45, 7) is 6.93. The third-order valence-electron chi connectivity index (χ3n) is 7.04.